The zero-order valence-corrected chi connectivity index (χ0v) is 15.5. The Balaban J connectivity index is 1.55. The number of rotatable bonds is 6. The molecule has 0 saturated heterocycles. The minimum absolute atomic E-state index is 0.112. The van der Waals surface area contributed by atoms with Crippen molar-refractivity contribution in [2.75, 3.05) is 7.11 Å². The molecule has 0 aliphatic heterocycles. The molecular weight excluding hydrogens is 326 g/mol. The van der Waals surface area contributed by atoms with Crippen molar-refractivity contribution in [1.29, 1.82) is 0 Å². The molecule has 4 rings (SSSR count). The van der Waals surface area contributed by atoms with E-state index in [-0.39, 0.29) is 11.9 Å². The molecule has 0 radical (unpaired) electrons. The maximum Gasteiger partial charge on any atom is 0.221 e. The Kier molecular flexibility index (Phi) is 4.70. The number of aromatic nitrogens is 2. The summed E-state index contributed by atoms with van der Waals surface area (Å²) in [6.45, 7) is 0. The Bertz CT molecular complexity index is 785. The fraction of sp³-hybridized carbons (Fsp3) is 0.524. The number of imidazole rings is 1. The molecule has 2 aliphatic carbocycles. The van der Waals surface area contributed by atoms with Crippen LogP contribution >= 0.6 is 0 Å². The SMILES string of the molecule is COc1ccccc1[C@@H](NC(=O)C[C@H]1C[C@H]2CC[C@H]1C2)c1nccn1C. The van der Waals surface area contributed by atoms with E-state index >= 15 is 0 Å². The molecule has 1 aromatic carbocycles. The van der Waals surface area contributed by atoms with Gasteiger partial charge in [0, 0.05) is 31.4 Å². The fourth-order valence-electron chi connectivity index (χ4n) is 4.93. The maximum absolute atomic E-state index is 12.9. The van der Waals surface area contributed by atoms with Gasteiger partial charge in [-0.25, -0.2) is 4.98 Å². The summed E-state index contributed by atoms with van der Waals surface area (Å²) in [7, 11) is 3.61. The van der Waals surface area contributed by atoms with Crippen molar-refractivity contribution in [2.45, 2.75) is 38.1 Å². The third-order valence-corrected chi connectivity index (χ3v) is 6.20. The number of fused-ring (bicyclic) bond motifs is 2. The van der Waals surface area contributed by atoms with Gasteiger partial charge in [-0.15, -0.1) is 0 Å². The van der Waals surface area contributed by atoms with Gasteiger partial charge >= 0.3 is 0 Å². The number of nitrogens with one attached hydrogen (secondary N) is 1. The highest BCUT2D eigenvalue weighted by Gasteiger charge is 2.40. The Morgan fingerprint density at radius 2 is 2.19 bits per heavy atom. The third kappa shape index (κ3) is 3.22. The molecule has 2 saturated carbocycles. The quantitative estimate of drug-likeness (QED) is 0.865. The second kappa shape index (κ2) is 7.14. The Labute approximate surface area is 154 Å². The van der Waals surface area contributed by atoms with Crippen LogP contribution in [0.2, 0.25) is 0 Å². The second-order valence-electron chi connectivity index (χ2n) is 7.78. The Morgan fingerprint density at radius 3 is 2.85 bits per heavy atom. The van der Waals surface area contributed by atoms with Gasteiger partial charge in [0.2, 0.25) is 5.91 Å². The molecule has 26 heavy (non-hydrogen) atoms. The van der Waals surface area contributed by atoms with Crippen LogP contribution in [-0.2, 0) is 11.8 Å². The molecule has 138 valence electrons. The Hall–Kier alpha value is -2.30. The zero-order valence-electron chi connectivity index (χ0n) is 15.5. The number of methoxy groups -OCH3 is 1. The normalized spacial score (nSPS) is 25.2. The fourth-order valence-corrected chi connectivity index (χ4v) is 4.93. The van der Waals surface area contributed by atoms with Gasteiger partial charge in [0.05, 0.1) is 7.11 Å². The van der Waals surface area contributed by atoms with Gasteiger partial charge in [0.25, 0.3) is 0 Å². The largest absolute Gasteiger partial charge is 0.496 e. The van der Waals surface area contributed by atoms with E-state index in [9.17, 15) is 4.79 Å². The summed E-state index contributed by atoms with van der Waals surface area (Å²) in [5.41, 5.74) is 0.936. The first kappa shape index (κ1) is 17.1. The number of para-hydroxylation sites is 1. The van der Waals surface area contributed by atoms with E-state index in [0.29, 0.717) is 12.3 Å². The number of benzene rings is 1. The summed E-state index contributed by atoms with van der Waals surface area (Å²) >= 11 is 0. The van der Waals surface area contributed by atoms with E-state index in [1.807, 2.05) is 42.1 Å². The van der Waals surface area contributed by atoms with Gasteiger partial charge in [0.15, 0.2) is 0 Å². The lowest BCUT2D eigenvalue weighted by Crippen LogP contribution is -2.33. The highest BCUT2D eigenvalue weighted by Crippen LogP contribution is 2.49. The number of nitrogens with zero attached hydrogens (tertiary/aromatic N) is 2. The molecule has 2 aromatic rings. The standard InChI is InChI=1S/C21H27N3O2/c1-24-10-9-22-21(24)20(17-5-3-4-6-18(17)26-2)23-19(25)13-16-12-14-7-8-15(16)11-14/h3-6,9-10,14-16,20H,7-8,11-13H2,1-2H3,(H,23,25)/t14-,15-,16+,20+/m0/s1. The van der Waals surface area contributed by atoms with Crippen LogP contribution in [0.1, 0.15) is 49.5 Å². The number of carbonyl (C=O) groups excluding carboxylic acids is 1. The number of ether oxygens (including phenoxy) is 1. The smallest absolute Gasteiger partial charge is 0.221 e. The second-order valence-corrected chi connectivity index (χ2v) is 7.78. The topological polar surface area (TPSA) is 56.1 Å². The van der Waals surface area contributed by atoms with Crippen LogP contribution in [0.5, 0.6) is 5.75 Å². The van der Waals surface area contributed by atoms with Crippen LogP contribution < -0.4 is 10.1 Å². The summed E-state index contributed by atoms with van der Waals surface area (Å²) in [4.78, 5) is 17.4. The lowest BCUT2D eigenvalue weighted by Gasteiger charge is -2.24. The van der Waals surface area contributed by atoms with Gasteiger partial charge < -0.3 is 14.6 Å². The van der Waals surface area contributed by atoms with Crippen LogP contribution in [-0.4, -0.2) is 22.6 Å². The van der Waals surface area contributed by atoms with Crippen LogP contribution in [0.15, 0.2) is 36.7 Å². The van der Waals surface area contributed by atoms with Gasteiger partial charge in [-0.2, -0.15) is 0 Å². The molecule has 1 N–H and O–H groups in total. The average molecular weight is 353 g/mol. The van der Waals surface area contributed by atoms with Crippen molar-refractivity contribution >= 4 is 5.91 Å². The molecule has 4 atom stereocenters. The molecule has 2 aliphatic rings. The molecule has 1 aromatic heterocycles. The molecule has 5 heteroatoms. The van der Waals surface area contributed by atoms with Gasteiger partial charge in [-0.3, -0.25) is 4.79 Å². The molecule has 2 bridgehead atoms. The summed E-state index contributed by atoms with van der Waals surface area (Å²) in [6, 6.07) is 7.52. The van der Waals surface area contributed by atoms with Crippen molar-refractivity contribution in [3.05, 3.63) is 48.0 Å². The van der Waals surface area contributed by atoms with E-state index in [4.69, 9.17) is 4.74 Å². The van der Waals surface area contributed by atoms with Crippen LogP contribution in [0, 0.1) is 17.8 Å². The van der Waals surface area contributed by atoms with E-state index in [2.05, 4.69) is 10.3 Å². The zero-order chi connectivity index (χ0) is 18.1. The van der Waals surface area contributed by atoms with Crippen LogP contribution in [0.25, 0.3) is 0 Å². The molecule has 1 amide bonds. The van der Waals surface area contributed by atoms with Crippen LogP contribution in [0.3, 0.4) is 0 Å². The predicted octanol–water partition coefficient (Wildman–Crippen LogP) is 3.46. The minimum atomic E-state index is -0.308. The van der Waals surface area contributed by atoms with Crippen molar-refractivity contribution in [1.82, 2.24) is 14.9 Å². The molecular formula is C21H27N3O2. The number of amides is 1. The lowest BCUT2D eigenvalue weighted by molar-refractivity contribution is -0.123. The van der Waals surface area contributed by atoms with Gasteiger partial charge in [-0.1, -0.05) is 24.6 Å². The van der Waals surface area contributed by atoms with E-state index < -0.39 is 0 Å². The van der Waals surface area contributed by atoms with Crippen molar-refractivity contribution in [2.24, 2.45) is 24.8 Å². The van der Waals surface area contributed by atoms with Crippen molar-refractivity contribution < 1.29 is 9.53 Å². The average Bonchev–Trinajstić information content (AvgIpc) is 3.37. The van der Waals surface area contributed by atoms with Gasteiger partial charge in [0.1, 0.15) is 17.6 Å². The third-order valence-electron chi connectivity index (χ3n) is 6.20. The monoisotopic (exact) mass is 353 g/mol. The highest BCUT2D eigenvalue weighted by molar-refractivity contribution is 5.77. The molecule has 1 heterocycles. The number of aryl methyl sites for hydroxylation is 1. The molecule has 5 nitrogen and oxygen atoms in total. The van der Waals surface area contributed by atoms with E-state index in [1.54, 1.807) is 13.3 Å². The first-order valence-corrected chi connectivity index (χ1v) is 9.55. The minimum Gasteiger partial charge on any atom is -0.496 e. The predicted molar refractivity (Wildman–Crippen MR) is 99.7 cm³/mol. The first-order valence-electron chi connectivity index (χ1n) is 9.55. The van der Waals surface area contributed by atoms with E-state index in [1.165, 1.54) is 25.7 Å². The van der Waals surface area contributed by atoms with Crippen molar-refractivity contribution in [3.8, 4) is 5.75 Å². The maximum atomic E-state index is 12.9. The summed E-state index contributed by atoms with van der Waals surface area (Å²) < 4.78 is 7.48. The van der Waals surface area contributed by atoms with Crippen molar-refractivity contribution in [3.63, 3.8) is 0 Å². The number of hydrogen-bond acceptors (Lipinski definition) is 3. The number of carbonyl (C=O) groups is 1. The highest BCUT2D eigenvalue weighted by atomic mass is 16.5. The lowest BCUT2D eigenvalue weighted by atomic mass is 9.86. The summed E-state index contributed by atoms with van der Waals surface area (Å²) in [5.74, 6) is 3.85. The Morgan fingerprint density at radius 1 is 1.35 bits per heavy atom. The summed E-state index contributed by atoms with van der Waals surface area (Å²) in [6.07, 6.45) is 9.50. The summed E-state index contributed by atoms with van der Waals surface area (Å²) in [5, 5.41) is 3.24. The van der Waals surface area contributed by atoms with Crippen LogP contribution in [0.4, 0.5) is 0 Å². The first-order chi connectivity index (χ1) is 12.7. The molecule has 2 fully saturated rings. The molecule has 0 unspecified atom stereocenters. The molecule has 0 spiro atoms. The van der Waals surface area contributed by atoms with Gasteiger partial charge in [-0.05, 0) is 43.1 Å². The number of hydrogen-bond donors (Lipinski definition) is 1. The van der Waals surface area contributed by atoms with E-state index in [0.717, 1.165) is 29.0 Å².